The second-order valence-electron chi connectivity index (χ2n) is 11.1. The predicted molar refractivity (Wildman–Crippen MR) is 161 cm³/mol. The van der Waals surface area contributed by atoms with E-state index >= 15 is 4.39 Å². The lowest BCUT2D eigenvalue weighted by atomic mass is 9.87. The highest BCUT2D eigenvalue weighted by atomic mass is 35.5. The number of carbonyl (C=O) groups excluding carboxylic acids is 1. The van der Waals surface area contributed by atoms with Crippen LogP contribution in [-0.4, -0.2) is 39.6 Å². The average Bonchev–Trinajstić information content (AvgIpc) is 3.56. The van der Waals surface area contributed by atoms with Crippen molar-refractivity contribution in [2.75, 3.05) is 18.8 Å². The zero-order valence-corrected chi connectivity index (χ0v) is 23.9. The summed E-state index contributed by atoms with van der Waals surface area (Å²) in [5.41, 5.74) is 10.5. The number of carbonyl (C=O) groups is 1. The first-order valence-electron chi connectivity index (χ1n) is 14.0. The second kappa shape index (κ2) is 11.1. The van der Waals surface area contributed by atoms with Gasteiger partial charge in [0.1, 0.15) is 23.1 Å². The monoisotopic (exact) mass is 570 g/mol. The summed E-state index contributed by atoms with van der Waals surface area (Å²) >= 11 is 6.04. The largest absolute Gasteiger partial charge is 0.457 e. The Morgan fingerprint density at radius 3 is 2.54 bits per heavy atom. The number of nitrogen functional groups attached to an aromatic ring is 1. The third kappa shape index (κ3) is 5.52. The maximum Gasteiger partial charge on any atom is 0.194 e. The van der Waals surface area contributed by atoms with Crippen LogP contribution in [0.5, 0.6) is 11.5 Å². The Morgan fingerprint density at radius 1 is 1.07 bits per heavy atom. The first-order chi connectivity index (χ1) is 19.8. The van der Waals surface area contributed by atoms with E-state index in [9.17, 15) is 4.79 Å². The van der Waals surface area contributed by atoms with Gasteiger partial charge in [-0.25, -0.2) is 9.07 Å². The molecule has 6 rings (SSSR count). The molecule has 0 saturated carbocycles. The van der Waals surface area contributed by atoms with E-state index in [4.69, 9.17) is 22.1 Å². The van der Waals surface area contributed by atoms with E-state index in [0.29, 0.717) is 45.8 Å². The quantitative estimate of drug-likeness (QED) is 0.234. The van der Waals surface area contributed by atoms with Gasteiger partial charge >= 0.3 is 0 Å². The molecule has 0 amide bonds. The molecule has 1 aliphatic heterocycles. The molecule has 2 N–H and O–H groups in total. The summed E-state index contributed by atoms with van der Waals surface area (Å²) in [6.07, 6.45) is 5.62. The van der Waals surface area contributed by atoms with Crippen LogP contribution in [0.15, 0.2) is 72.4 Å². The third-order valence-corrected chi connectivity index (χ3v) is 8.36. The zero-order chi connectivity index (χ0) is 28.7. The fraction of sp³-hybridized carbons (Fsp3) is 0.273. The van der Waals surface area contributed by atoms with Crippen molar-refractivity contribution < 1.29 is 13.9 Å². The van der Waals surface area contributed by atoms with Gasteiger partial charge in [-0.05, 0) is 123 Å². The Kier molecular flexibility index (Phi) is 7.41. The van der Waals surface area contributed by atoms with E-state index in [1.54, 1.807) is 30.3 Å². The molecule has 1 saturated heterocycles. The number of ketones is 1. The minimum atomic E-state index is -0.196. The zero-order valence-electron chi connectivity index (χ0n) is 23.1. The first-order valence-corrected chi connectivity index (χ1v) is 14.3. The summed E-state index contributed by atoms with van der Waals surface area (Å²) in [5, 5.41) is 4.97. The molecule has 3 aromatic carbocycles. The van der Waals surface area contributed by atoms with Crippen LogP contribution in [0.3, 0.4) is 0 Å². The SMILES string of the molecule is CC(C)N1CCC(c2cc3c(cc2F)CC(C(=O)c2cnn(-c4ccc(Oc5cccc(Cl)c5)cc4)c2N)=C3)CC1. The van der Waals surface area contributed by atoms with Gasteiger partial charge in [0.05, 0.1) is 17.4 Å². The highest BCUT2D eigenvalue weighted by molar-refractivity contribution is 6.30. The number of halogens is 2. The van der Waals surface area contributed by atoms with Crippen LogP contribution < -0.4 is 10.5 Å². The first kappa shape index (κ1) is 27.2. The molecule has 210 valence electrons. The highest BCUT2D eigenvalue weighted by Gasteiger charge is 2.28. The average molecular weight is 571 g/mol. The molecule has 41 heavy (non-hydrogen) atoms. The molecule has 2 aliphatic rings. The van der Waals surface area contributed by atoms with Crippen molar-refractivity contribution in [2.24, 2.45) is 0 Å². The number of ether oxygens (including phenoxy) is 1. The fourth-order valence-electron chi connectivity index (χ4n) is 5.80. The number of likely N-dealkylation sites (tertiary alicyclic amines) is 1. The van der Waals surface area contributed by atoms with Crippen LogP contribution in [0.1, 0.15) is 59.7 Å². The molecule has 2 heterocycles. The molecule has 1 aliphatic carbocycles. The number of fused-ring (bicyclic) bond motifs is 1. The number of aromatic nitrogens is 2. The number of hydrogen-bond acceptors (Lipinski definition) is 5. The molecular formula is C33H32ClFN4O2. The van der Waals surface area contributed by atoms with Crippen LogP contribution in [0.25, 0.3) is 11.8 Å². The van der Waals surface area contributed by atoms with Gasteiger partial charge < -0.3 is 15.4 Å². The summed E-state index contributed by atoms with van der Waals surface area (Å²) in [4.78, 5) is 15.9. The van der Waals surface area contributed by atoms with Gasteiger partial charge in [-0.3, -0.25) is 4.79 Å². The van der Waals surface area contributed by atoms with Crippen molar-refractivity contribution in [3.8, 4) is 17.2 Å². The third-order valence-electron chi connectivity index (χ3n) is 8.12. The molecule has 0 radical (unpaired) electrons. The van der Waals surface area contributed by atoms with Crippen LogP contribution in [0, 0.1) is 5.82 Å². The Labute approximate surface area is 244 Å². The Morgan fingerprint density at radius 2 is 1.83 bits per heavy atom. The molecular weight excluding hydrogens is 539 g/mol. The van der Waals surface area contributed by atoms with Crippen molar-refractivity contribution >= 4 is 29.3 Å². The van der Waals surface area contributed by atoms with E-state index in [1.165, 1.54) is 10.9 Å². The number of rotatable bonds is 7. The number of piperidine rings is 1. The number of anilines is 1. The van der Waals surface area contributed by atoms with Gasteiger partial charge in [-0.1, -0.05) is 17.7 Å². The fourth-order valence-corrected chi connectivity index (χ4v) is 5.98. The molecule has 4 aromatic rings. The number of nitrogens with two attached hydrogens (primary N) is 1. The van der Waals surface area contributed by atoms with E-state index < -0.39 is 0 Å². The maximum atomic E-state index is 15.2. The topological polar surface area (TPSA) is 73.4 Å². The van der Waals surface area contributed by atoms with Gasteiger partial charge in [0.15, 0.2) is 5.78 Å². The Hall–Kier alpha value is -3.94. The molecule has 0 spiro atoms. The molecule has 6 nitrogen and oxygen atoms in total. The number of hydrogen-bond donors (Lipinski definition) is 1. The van der Waals surface area contributed by atoms with Crippen molar-refractivity contribution in [2.45, 2.75) is 45.1 Å². The summed E-state index contributed by atoms with van der Waals surface area (Å²) in [6, 6.07) is 18.4. The summed E-state index contributed by atoms with van der Waals surface area (Å²) in [6.45, 7) is 6.34. The van der Waals surface area contributed by atoms with Gasteiger partial charge in [0.2, 0.25) is 0 Å². The number of Topliss-reactive ketones (excluding diaryl/α,β-unsaturated/α-hetero) is 1. The minimum Gasteiger partial charge on any atom is -0.457 e. The van der Waals surface area contributed by atoms with E-state index in [-0.39, 0.29) is 23.3 Å². The van der Waals surface area contributed by atoms with Gasteiger partial charge in [0.25, 0.3) is 0 Å². The summed E-state index contributed by atoms with van der Waals surface area (Å²) in [7, 11) is 0. The number of benzene rings is 3. The Bertz CT molecular complexity index is 1640. The normalized spacial score (nSPS) is 15.7. The van der Waals surface area contributed by atoms with Crippen molar-refractivity contribution in [3.63, 3.8) is 0 Å². The van der Waals surface area contributed by atoms with E-state index in [1.807, 2.05) is 36.4 Å². The van der Waals surface area contributed by atoms with Gasteiger partial charge in [0, 0.05) is 23.1 Å². The minimum absolute atomic E-state index is 0.177. The maximum absolute atomic E-state index is 15.2. The molecule has 1 aromatic heterocycles. The van der Waals surface area contributed by atoms with Crippen LogP contribution in [0.4, 0.5) is 10.2 Å². The van der Waals surface area contributed by atoms with Crippen LogP contribution in [-0.2, 0) is 6.42 Å². The second-order valence-corrected chi connectivity index (χ2v) is 11.5. The Balaban J connectivity index is 1.17. The summed E-state index contributed by atoms with van der Waals surface area (Å²) in [5.74, 6) is 1.33. The van der Waals surface area contributed by atoms with E-state index in [0.717, 1.165) is 42.6 Å². The molecule has 0 bridgehead atoms. The molecule has 8 heteroatoms. The van der Waals surface area contributed by atoms with Crippen LogP contribution >= 0.6 is 11.6 Å². The van der Waals surface area contributed by atoms with Crippen molar-refractivity contribution in [3.05, 3.63) is 106 Å². The molecule has 0 unspecified atom stereocenters. The van der Waals surface area contributed by atoms with Gasteiger partial charge in [-0.2, -0.15) is 5.10 Å². The standard InChI is InChI=1S/C33H32ClFN4O2/c1-20(2)38-12-10-21(11-13-38)29-16-22-14-24(15-23(22)17-31(29)35)32(40)30-19-37-39(33(30)36)26-6-8-27(9-7-26)41-28-5-3-4-25(34)18-28/h3-9,14,16-21H,10-13,15,36H2,1-2H3. The molecule has 0 atom stereocenters. The predicted octanol–water partition coefficient (Wildman–Crippen LogP) is 7.45. The van der Waals surface area contributed by atoms with E-state index in [2.05, 4.69) is 23.8 Å². The number of allylic oxidation sites excluding steroid dienone is 1. The van der Waals surface area contributed by atoms with Crippen molar-refractivity contribution in [1.82, 2.24) is 14.7 Å². The molecule has 1 fully saturated rings. The van der Waals surface area contributed by atoms with Crippen LogP contribution in [0.2, 0.25) is 5.02 Å². The summed E-state index contributed by atoms with van der Waals surface area (Å²) < 4.78 is 22.6. The lowest BCUT2D eigenvalue weighted by Gasteiger charge is -2.35. The van der Waals surface area contributed by atoms with Gasteiger partial charge in [-0.15, -0.1) is 0 Å². The van der Waals surface area contributed by atoms with Crippen molar-refractivity contribution in [1.29, 1.82) is 0 Å². The lowest BCUT2D eigenvalue weighted by Crippen LogP contribution is -2.38. The smallest absolute Gasteiger partial charge is 0.194 e. The number of nitrogens with zero attached hydrogens (tertiary/aromatic N) is 3. The highest BCUT2D eigenvalue weighted by Crippen LogP contribution is 2.36. The lowest BCUT2D eigenvalue weighted by molar-refractivity contribution is 0.103.